The number of nitrogens with one attached hydrogen (secondary N) is 1. The quantitative estimate of drug-likeness (QED) is 0.588. The molecule has 1 aromatic carbocycles. The van der Waals surface area contributed by atoms with Gasteiger partial charge in [-0.1, -0.05) is 30.4 Å². The summed E-state index contributed by atoms with van der Waals surface area (Å²) in [5, 5.41) is 3.72. The molecule has 1 rings (SSSR count). The van der Waals surface area contributed by atoms with Gasteiger partial charge in [-0.15, -0.1) is 11.8 Å². The molecule has 0 fully saturated rings. The molecule has 0 amide bonds. The van der Waals surface area contributed by atoms with E-state index in [1.165, 1.54) is 4.90 Å². The number of allylic oxidation sites excluding steroid dienone is 1. The number of hydrogen-bond donors (Lipinski definition) is 1. The van der Waals surface area contributed by atoms with Crippen molar-refractivity contribution in [2.24, 2.45) is 0 Å². The minimum atomic E-state index is 0.521. The first kappa shape index (κ1) is 11.3. The standard InChI is InChI=1S/C12H17NS/c1-3-7-12(10-13-2)14-11-8-5-4-6-9-11/h3-9,12-13H,10H2,1-2H3/b7-3+. The van der Waals surface area contributed by atoms with Crippen LogP contribution in [-0.4, -0.2) is 18.8 Å². The second-order valence-electron chi connectivity index (χ2n) is 3.05. The van der Waals surface area contributed by atoms with Crippen molar-refractivity contribution < 1.29 is 0 Å². The molecule has 0 aliphatic carbocycles. The first-order valence-electron chi connectivity index (χ1n) is 4.86. The summed E-state index contributed by atoms with van der Waals surface area (Å²) in [6.07, 6.45) is 4.34. The summed E-state index contributed by atoms with van der Waals surface area (Å²) in [5.74, 6) is 0. The average Bonchev–Trinajstić information content (AvgIpc) is 2.20. The van der Waals surface area contributed by atoms with Gasteiger partial charge in [0.05, 0.1) is 0 Å². The third kappa shape index (κ3) is 3.99. The molecule has 0 aliphatic rings. The molecular weight excluding hydrogens is 190 g/mol. The molecule has 14 heavy (non-hydrogen) atoms. The first-order chi connectivity index (χ1) is 6.86. The minimum Gasteiger partial charge on any atom is -0.318 e. The summed E-state index contributed by atoms with van der Waals surface area (Å²) >= 11 is 1.89. The van der Waals surface area contributed by atoms with Gasteiger partial charge in [0.25, 0.3) is 0 Å². The molecule has 1 N–H and O–H groups in total. The third-order valence-corrected chi connectivity index (χ3v) is 3.01. The van der Waals surface area contributed by atoms with Crippen LogP contribution < -0.4 is 5.32 Å². The van der Waals surface area contributed by atoms with E-state index in [1.807, 2.05) is 24.9 Å². The van der Waals surface area contributed by atoms with Gasteiger partial charge in [-0.3, -0.25) is 0 Å². The van der Waals surface area contributed by atoms with Gasteiger partial charge >= 0.3 is 0 Å². The smallest absolute Gasteiger partial charge is 0.0399 e. The zero-order valence-electron chi connectivity index (χ0n) is 8.73. The van der Waals surface area contributed by atoms with Crippen LogP contribution in [0, 0.1) is 0 Å². The second kappa shape index (κ2) is 6.68. The van der Waals surface area contributed by atoms with Crippen molar-refractivity contribution in [3.8, 4) is 0 Å². The van der Waals surface area contributed by atoms with E-state index in [9.17, 15) is 0 Å². The molecule has 2 heteroatoms. The normalized spacial score (nSPS) is 13.3. The molecule has 1 unspecified atom stereocenters. The highest BCUT2D eigenvalue weighted by Gasteiger charge is 2.04. The Bertz CT molecular complexity index is 269. The van der Waals surface area contributed by atoms with Crippen LogP contribution in [0.4, 0.5) is 0 Å². The van der Waals surface area contributed by atoms with Gasteiger partial charge in [-0.2, -0.15) is 0 Å². The van der Waals surface area contributed by atoms with Gasteiger partial charge in [0, 0.05) is 16.7 Å². The third-order valence-electron chi connectivity index (χ3n) is 1.84. The minimum absolute atomic E-state index is 0.521. The van der Waals surface area contributed by atoms with Crippen LogP contribution in [0.15, 0.2) is 47.4 Å². The van der Waals surface area contributed by atoms with E-state index in [2.05, 4.69) is 48.7 Å². The Balaban J connectivity index is 2.55. The summed E-state index contributed by atoms with van der Waals surface area (Å²) < 4.78 is 0. The van der Waals surface area contributed by atoms with Crippen molar-refractivity contribution in [3.63, 3.8) is 0 Å². The van der Waals surface area contributed by atoms with Gasteiger partial charge in [0.1, 0.15) is 0 Å². The zero-order chi connectivity index (χ0) is 10.2. The van der Waals surface area contributed by atoms with E-state index in [0.717, 1.165) is 6.54 Å². The summed E-state index contributed by atoms with van der Waals surface area (Å²) in [6, 6.07) is 10.5. The van der Waals surface area contributed by atoms with Crippen molar-refractivity contribution in [2.75, 3.05) is 13.6 Å². The molecule has 0 saturated heterocycles. The van der Waals surface area contributed by atoms with Crippen LogP contribution in [0.1, 0.15) is 6.92 Å². The number of hydrogen-bond acceptors (Lipinski definition) is 2. The second-order valence-corrected chi connectivity index (χ2v) is 4.37. The van der Waals surface area contributed by atoms with Crippen LogP contribution in [0.3, 0.4) is 0 Å². The molecule has 1 aromatic rings. The summed E-state index contributed by atoms with van der Waals surface area (Å²) in [5.41, 5.74) is 0. The molecule has 0 spiro atoms. The molecule has 0 heterocycles. The van der Waals surface area contributed by atoms with Crippen LogP contribution in [-0.2, 0) is 0 Å². The molecule has 0 saturated carbocycles. The Morgan fingerprint density at radius 3 is 2.64 bits per heavy atom. The largest absolute Gasteiger partial charge is 0.318 e. The Hall–Kier alpha value is -0.730. The first-order valence-corrected chi connectivity index (χ1v) is 5.74. The molecule has 0 radical (unpaired) electrons. The van der Waals surface area contributed by atoms with Gasteiger partial charge in [-0.05, 0) is 26.1 Å². The molecule has 0 bridgehead atoms. The van der Waals surface area contributed by atoms with Crippen molar-refractivity contribution in [3.05, 3.63) is 42.5 Å². The van der Waals surface area contributed by atoms with Gasteiger partial charge in [0.15, 0.2) is 0 Å². The number of thioether (sulfide) groups is 1. The van der Waals surface area contributed by atoms with E-state index in [4.69, 9.17) is 0 Å². The van der Waals surface area contributed by atoms with Crippen molar-refractivity contribution in [1.29, 1.82) is 0 Å². The maximum Gasteiger partial charge on any atom is 0.0399 e. The summed E-state index contributed by atoms with van der Waals surface area (Å²) in [4.78, 5) is 1.32. The fourth-order valence-electron chi connectivity index (χ4n) is 1.24. The lowest BCUT2D eigenvalue weighted by atomic mass is 10.4. The van der Waals surface area contributed by atoms with Crippen LogP contribution in [0.25, 0.3) is 0 Å². The van der Waals surface area contributed by atoms with Crippen LogP contribution >= 0.6 is 11.8 Å². The van der Waals surface area contributed by atoms with Crippen molar-refractivity contribution >= 4 is 11.8 Å². The number of rotatable bonds is 5. The predicted octanol–water partition coefficient (Wildman–Crippen LogP) is 2.94. The number of benzene rings is 1. The molecule has 0 aliphatic heterocycles. The average molecular weight is 207 g/mol. The van der Waals surface area contributed by atoms with Crippen LogP contribution in [0.5, 0.6) is 0 Å². The van der Waals surface area contributed by atoms with Gasteiger partial charge < -0.3 is 5.32 Å². The van der Waals surface area contributed by atoms with Crippen molar-refractivity contribution in [2.45, 2.75) is 17.1 Å². The molecular formula is C12H17NS. The van der Waals surface area contributed by atoms with Crippen molar-refractivity contribution in [1.82, 2.24) is 5.32 Å². The van der Waals surface area contributed by atoms with Gasteiger partial charge in [-0.25, -0.2) is 0 Å². The Kier molecular flexibility index (Phi) is 5.42. The highest BCUT2D eigenvalue weighted by Crippen LogP contribution is 2.23. The van der Waals surface area contributed by atoms with E-state index < -0.39 is 0 Å². The Morgan fingerprint density at radius 1 is 1.36 bits per heavy atom. The van der Waals surface area contributed by atoms with E-state index in [0.29, 0.717) is 5.25 Å². The molecule has 76 valence electrons. The van der Waals surface area contributed by atoms with E-state index >= 15 is 0 Å². The maximum atomic E-state index is 3.20. The SMILES string of the molecule is C/C=C/C(CNC)Sc1ccccc1. The van der Waals surface area contributed by atoms with E-state index in [1.54, 1.807) is 0 Å². The van der Waals surface area contributed by atoms with Crippen LogP contribution in [0.2, 0.25) is 0 Å². The molecule has 1 atom stereocenters. The lowest BCUT2D eigenvalue weighted by Crippen LogP contribution is -2.18. The molecule has 1 nitrogen and oxygen atoms in total. The predicted molar refractivity (Wildman–Crippen MR) is 64.8 cm³/mol. The zero-order valence-corrected chi connectivity index (χ0v) is 9.55. The fraction of sp³-hybridized carbons (Fsp3) is 0.333. The monoisotopic (exact) mass is 207 g/mol. The summed E-state index contributed by atoms with van der Waals surface area (Å²) in [7, 11) is 1.99. The maximum absolute atomic E-state index is 3.20. The highest BCUT2D eigenvalue weighted by atomic mass is 32.2. The highest BCUT2D eigenvalue weighted by molar-refractivity contribution is 8.00. The lowest BCUT2D eigenvalue weighted by molar-refractivity contribution is 0.817. The lowest BCUT2D eigenvalue weighted by Gasteiger charge is -2.11. The Labute approximate surface area is 90.6 Å². The van der Waals surface area contributed by atoms with Gasteiger partial charge in [0.2, 0.25) is 0 Å². The Morgan fingerprint density at radius 2 is 2.07 bits per heavy atom. The topological polar surface area (TPSA) is 12.0 Å². The summed E-state index contributed by atoms with van der Waals surface area (Å²) in [6.45, 7) is 3.07. The fourth-order valence-corrected chi connectivity index (χ4v) is 2.39. The molecule has 0 aromatic heterocycles. The van der Waals surface area contributed by atoms with E-state index in [-0.39, 0.29) is 0 Å².